The summed E-state index contributed by atoms with van der Waals surface area (Å²) in [4.78, 5) is 13.0. The lowest BCUT2D eigenvalue weighted by Gasteiger charge is -2.08. The third-order valence-electron chi connectivity index (χ3n) is 2.08. The first kappa shape index (κ1) is 13.5. The van der Waals surface area contributed by atoms with Crippen molar-refractivity contribution in [3.8, 4) is 6.07 Å². The van der Waals surface area contributed by atoms with E-state index in [0.29, 0.717) is 10.5 Å². The van der Waals surface area contributed by atoms with E-state index in [9.17, 15) is 10.1 Å². The summed E-state index contributed by atoms with van der Waals surface area (Å²) in [5.74, 6) is 0.778. The van der Waals surface area contributed by atoms with Crippen molar-refractivity contribution in [1.29, 1.82) is 5.26 Å². The molecule has 0 N–H and O–H groups in total. The molecule has 0 heterocycles. The average Bonchev–Trinajstić information content (AvgIpc) is 2.28. The summed E-state index contributed by atoms with van der Waals surface area (Å²) < 4.78 is 0. The molecule has 5 nitrogen and oxygen atoms in total. The van der Waals surface area contributed by atoms with Crippen molar-refractivity contribution in [2.75, 3.05) is 26.4 Å². The van der Waals surface area contributed by atoms with Crippen LogP contribution in [0.25, 0.3) is 0 Å². The first-order valence-electron chi connectivity index (χ1n) is 5.00. The lowest BCUT2D eigenvalue weighted by molar-refractivity contribution is -0.387. The zero-order valence-corrected chi connectivity index (χ0v) is 10.5. The van der Waals surface area contributed by atoms with Gasteiger partial charge in [-0.15, -0.1) is 11.8 Å². The molecular weight excluding hydrogens is 238 g/mol. The van der Waals surface area contributed by atoms with Gasteiger partial charge in [0.1, 0.15) is 0 Å². The van der Waals surface area contributed by atoms with E-state index >= 15 is 0 Å². The van der Waals surface area contributed by atoms with E-state index in [1.165, 1.54) is 17.8 Å². The van der Waals surface area contributed by atoms with Crippen LogP contribution in [0.3, 0.4) is 0 Å². The predicted octanol–water partition coefficient (Wildman–Crippen LogP) is 2.12. The number of nitro groups is 1. The van der Waals surface area contributed by atoms with Gasteiger partial charge in [-0.25, -0.2) is 0 Å². The highest BCUT2D eigenvalue weighted by Crippen LogP contribution is 2.29. The number of hydrogen-bond donors (Lipinski definition) is 0. The highest BCUT2D eigenvalue weighted by molar-refractivity contribution is 7.99. The van der Waals surface area contributed by atoms with E-state index < -0.39 is 4.92 Å². The minimum absolute atomic E-state index is 0.00723. The number of nitriles is 1. The normalized spacial score (nSPS) is 10.2. The van der Waals surface area contributed by atoms with E-state index in [0.717, 1.165) is 12.3 Å². The van der Waals surface area contributed by atoms with E-state index in [2.05, 4.69) is 0 Å². The largest absolute Gasteiger partial charge is 0.309 e. The fourth-order valence-electron chi connectivity index (χ4n) is 1.19. The van der Waals surface area contributed by atoms with Crippen molar-refractivity contribution in [2.24, 2.45) is 0 Å². The maximum Gasteiger partial charge on any atom is 0.284 e. The number of thioether (sulfide) groups is 1. The Morgan fingerprint density at radius 1 is 1.53 bits per heavy atom. The van der Waals surface area contributed by atoms with Gasteiger partial charge in [0, 0.05) is 18.4 Å². The Bertz CT molecular complexity index is 455. The molecule has 1 rings (SSSR count). The molecule has 0 bridgehead atoms. The van der Waals surface area contributed by atoms with Crippen LogP contribution in [-0.4, -0.2) is 36.2 Å². The highest BCUT2D eigenvalue weighted by Gasteiger charge is 2.14. The maximum atomic E-state index is 10.9. The smallest absolute Gasteiger partial charge is 0.284 e. The molecule has 6 heteroatoms. The molecule has 0 amide bonds. The minimum Gasteiger partial charge on any atom is -0.309 e. The quantitative estimate of drug-likeness (QED) is 0.455. The summed E-state index contributed by atoms with van der Waals surface area (Å²) in [5, 5.41) is 19.6. The highest BCUT2D eigenvalue weighted by atomic mass is 32.2. The summed E-state index contributed by atoms with van der Waals surface area (Å²) in [6.45, 7) is 0.849. The van der Waals surface area contributed by atoms with Gasteiger partial charge in [-0.1, -0.05) is 0 Å². The molecule has 1 aromatic rings. The lowest BCUT2D eigenvalue weighted by atomic mass is 10.2. The van der Waals surface area contributed by atoms with Crippen molar-refractivity contribution < 1.29 is 4.92 Å². The Morgan fingerprint density at radius 2 is 2.24 bits per heavy atom. The Kier molecular flexibility index (Phi) is 4.94. The van der Waals surface area contributed by atoms with E-state index in [1.54, 1.807) is 12.1 Å². The zero-order valence-electron chi connectivity index (χ0n) is 9.71. The van der Waals surface area contributed by atoms with Crippen molar-refractivity contribution in [3.05, 3.63) is 33.9 Å². The van der Waals surface area contributed by atoms with Gasteiger partial charge in [-0.2, -0.15) is 5.26 Å². The van der Waals surface area contributed by atoms with Gasteiger partial charge in [-0.3, -0.25) is 10.1 Å². The fraction of sp³-hybridized carbons (Fsp3) is 0.364. The maximum absolute atomic E-state index is 10.9. The molecule has 0 aromatic heterocycles. The van der Waals surface area contributed by atoms with E-state index in [-0.39, 0.29) is 5.69 Å². The van der Waals surface area contributed by atoms with Crippen LogP contribution in [-0.2, 0) is 0 Å². The number of rotatable bonds is 5. The standard InChI is InChI=1S/C11H13N3O2S/c1-13(2)5-6-17-11-4-3-9(8-12)7-10(11)14(15)16/h3-4,7H,5-6H2,1-2H3. The van der Waals surface area contributed by atoms with Crippen LogP contribution in [0, 0.1) is 21.4 Å². The van der Waals surface area contributed by atoms with Gasteiger partial charge >= 0.3 is 0 Å². The first-order chi connectivity index (χ1) is 8.04. The lowest BCUT2D eigenvalue weighted by Crippen LogP contribution is -2.14. The van der Waals surface area contributed by atoms with Crippen LogP contribution in [0.1, 0.15) is 5.56 Å². The second-order valence-corrected chi connectivity index (χ2v) is 4.84. The SMILES string of the molecule is CN(C)CCSc1ccc(C#N)cc1[N+](=O)[O-]. The van der Waals surface area contributed by atoms with Gasteiger partial charge in [0.2, 0.25) is 0 Å². The Morgan fingerprint density at radius 3 is 2.76 bits per heavy atom. The number of nitrogens with zero attached hydrogens (tertiary/aromatic N) is 3. The second-order valence-electron chi connectivity index (χ2n) is 3.70. The molecule has 0 radical (unpaired) electrons. The molecule has 0 aliphatic heterocycles. The minimum atomic E-state index is -0.446. The third kappa shape index (κ3) is 4.06. The molecular formula is C11H13N3O2S. The third-order valence-corrected chi connectivity index (χ3v) is 3.12. The van der Waals surface area contributed by atoms with Gasteiger partial charge < -0.3 is 4.90 Å². The van der Waals surface area contributed by atoms with Crippen LogP contribution in [0.2, 0.25) is 0 Å². The van der Waals surface area contributed by atoms with Gasteiger partial charge in [0.05, 0.1) is 21.5 Å². The molecule has 0 saturated heterocycles. The fourth-order valence-corrected chi connectivity index (χ4v) is 2.31. The summed E-state index contributed by atoms with van der Waals surface area (Å²) in [6, 6.07) is 6.46. The molecule has 90 valence electrons. The van der Waals surface area contributed by atoms with Gasteiger partial charge in [0.25, 0.3) is 5.69 Å². The van der Waals surface area contributed by atoms with Crippen molar-refractivity contribution >= 4 is 17.4 Å². The molecule has 1 aromatic carbocycles. The van der Waals surface area contributed by atoms with E-state index in [4.69, 9.17) is 5.26 Å². The van der Waals surface area contributed by atoms with Crippen molar-refractivity contribution in [3.63, 3.8) is 0 Å². The monoisotopic (exact) mass is 251 g/mol. The second kappa shape index (κ2) is 6.23. The predicted molar refractivity (Wildman–Crippen MR) is 67.1 cm³/mol. The van der Waals surface area contributed by atoms with Crippen LogP contribution >= 0.6 is 11.8 Å². The molecule has 0 atom stereocenters. The van der Waals surface area contributed by atoms with Gasteiger partial charge in [-0.05, 0) is 26.2 Å². The van der Waals surface area contributed by atoms with E-state index in [1.807, 2.05) is 25.1 Å². The van der Waals surface area contributed by atoms with Crippen molar-refractivity contribution in [2.45, 2.75) is 4.90 Å². The Balaban J connectivity index is 2.84. The van der Waals surface area contributed by atoms with Crippen molar-refractivity contribution in [1.82, 2.24) is 4.90 Å². The topological polar surface area (TPSA) is 70.2 Å². The molecule has 0 unspecified atom stereocenters. The first-order valence-corrected chi connectivity index (χ1v) is 5.99. The van der Waals surface area contributed by atoms with Crippen LogP contribution < -0.4 is 0 Å². The summed E-state index contributed by atoms with van der Waals surface area (Å²) in [5.41, 5.74) is 0.321. The van der Waals surface area contributed by atoms with Crippen LogP contribution in [0.5, 0.6) is 0 Å². The van der Waals surface area contributed by atoms with Crippen LogP contribution in [0.4, 0.5) is 5.69 Å². The summed E-state index contributed by atoms with van der Waals surface area (Å²) >= 11 is 1.43. The molecule has 0 saturated carbocycles. The summed E-state index contributed by atoms with van der Waals surface area (Å²) in [7, 11) is 3.90. The summed E-state index contributed by atoms with van der Waals surface area (Å²) in [6.07, 6.45) is 0. The Labute approximate surface area is 104 Å². The molecule has 0 aliphatic carbocycles. The molecule has 0 aliphatic rings. The number of benzene rings is 1. The van der Waals surface area contributed by atoms with Crippen LogP contribution in [0.15, 0.2) is 23.1 Å². The average molecular weight is 251 g/mol. The van der Waals surface area contributed by atoms with Gasteiger partial charge in [0.15, 0.2) is 0 Å². The number of nitro benzene ring substituents is 1. The molecule has 17 heavy (non-hydrogen) atoms. The molecule has 0 fully saturated rings. The Hall–Kier alpha value is -1.58. The number of hydrogen-bond acceptors (Lipinski definition) is 5. The zero-order chi connectivity index (χ0) is 12.8. The molecule has 0 spiro atoms.